The molecule has 0 radical (unpaired) electrons. The van der Waals surface area contributed by atoms with Gasteiger partial charge in [0.05, 0.1) is 16.6 Å². The van der Waals surface area contributed by atoms with E-state index in [2.05, 4.69) is 23.1 Å². The van der Waals surface area contributed by atoms with E-state index in [1.165, 1.54) is 5.69 Å². The zero-order valence-electron chi connectivity index (χ0n) is 8.84. The Kier molecular flexibility index (Phi) is 3.06. The molecule has 0 bridgehead atoms. The Balaban J connectivity index is 2.02. The molecule has 2 aromatic heterocycles. The lowest BCUT2D eigenvalue weighted by molar-refractivity contribution is 0.715. The predicted molar refractivity (Wildman–Crippen MR) is 61.8 cm³/mol. The van der Waals surface area contributed by atoms with Crippen molar-refractivity contribution in [3.05, 3.63) is 41.9 Å². The van der Waals surface area contributed by atoms with Crippen LogP contribution in [0.3, 0.4) is 0 Å². The smallest absolute Gasteiger partial charge is 0.0977 e. The first-order chi connectivity index (χ1) is 7.25. The monoisotopic (exact) mass is 219 g/mol. The molecule has 0 aliphatic carbocycles. The van der Waals surface area contributed by atoms with Crippen molar-refractivity contribution in [2.45, 2.75) is 24.8 Å². The molecule has 2 heterocycles. The maximum absolute atomic E-state index is 4.39. The van der Waals surface area contributed by atoms with E-state index in [1.54, 1.807) is 11.8 Å². The molecule has 0 amide bonds. The minimum Gasteiger partial charge on any atom is -0.259 e. The second-order valence-electron chi connectivity index (χ2n) is 3.37. The molecule has 0 fully saturated rings. The van der Waals surface area contributed by atoms with Crippen LogP contribution in [0.4, 0.5) is 0 Å². The quantitative estimate of drug-likeness (QED) is 0.743. The third kappa shape index (κ3) is 2.59. The fourth-order valence-electron chi connectivity index (χ4n) is 1.37. The average Bonchev–Trinajstić information content (AvgIpc) is 2.56. The van der Waals surface area contributed by atoms with Crippen LogP contribution in [0.2, 0.25) is 0 Å². The van der Waals surface area contributed by atoms with Crippen LogP contribution in [0, 0.1) is 13.8 Å². The first kappa shape index (κ1) is 10.2. The normalized spacial score (nSPS) is 10.5. The molecule has 78 valence electrons. The molecule has 2 rings (SSSR count). The van der Waals surface area contributed by atoms with Crippen molar-refractivity contribution in [3.63, 3.8) is 0 Å². The van der Waals surface area contributed by atoms with E-state index in [0.717, 1.165) is 16.6 Å². The van der Waals surface area contributed by atoms with Crippen LogP contribution in [0.25, 0.3) is 0 Å². The minimum atomic E-state index is 0.816. The van der Waals surface area contributed by atoms with Gasteiger partial charge in [-0.3, -0.25) is 4.68 Å². The van der Waals surface area contributed by atoms with Crippen molar-refractivity contribution in [1.82, 2.24) is 14.8 Å². The number of hydrogen-bond acceptors (Lipinski definition) is 3. The first-order valence-corrected chi connectivity index (χ1v) is 5.79. The van der Waals surface area contributed by atoms with Crippen molar-refractivity contribution < 1.29 is 0 Å². The summed E-state index contributed by atoms with van der Waals surface area (Å²) < 4.78 is 1.99. The Bertz CT molecular complexity index is 436. The summed E-state index contributed by atoms with van der Waals surface area (Å²) in [6.45, 7) is 4.08. The van der Waals surface area contributed by atoms with E-state index >= 15 is 0 Å². The number of rotatable bonds is 3. The molecule has 0 saturated heterocycles. The van der Waals surface area contributed by atoms with E-state index in [9.17, 15) is 0 Å². The van der Waals surface area contributed by atoms with Gasteiger partial charge in [-0.15, -0.1) is 0 Å². The van der Waals surface area contributed by atoms with Crippen molar-refractivity contribution in [2.75, 3.05) is 0 Å². The van der Waals surface area contributed by atoms with Gasteiger partial charge in [-0.25, -0.2) is 4.98 Å². The van der Waals surface area contributed by atoms with Gasteiger partial charge in [-0.1, -0.05) is 17.8 Å². The maximum atomic E-state index is 4.39. The van der Waals surface area contributed by atoms with Crippen LogP contribution in [0.1, 0.15) is 11.4 Å². The van der Waals surface area contributed by atoms with Gasteiger partial charge in [0.2, 0.25) is 0 Å². The molecule has 0 aliphatic heterocycles. The van der Waals surface area contributed by atoms with E-state index in [-0.39, 0.29) is 0 Å². The molecule has 0 aliphatic rings. The Morgan fingerprint density at radius 1 is 1.33 bits per heavy atom. The maximum Gasteiger partial charge on any atom is 0.0977 e. The zero-order chi connectivity index (χ0) is 10.7. The highest BCUT2D eigenvalue weighted by atomic mass is 32.2. The zero-order valence-corrected chi connectivity index (χ0v) is 9.66. The highest BCUT2D eigenvalue weighted by Crippen LogP contribution is 2.17. The molecule has 0 saturated carbocycles. The molecule has 15 heavy (non-hydrogen) atoms. The van der Waals surface area contributed by atoms with Gasteiger partial charge in [-0.2, -0.15) is 5.10 Å². The van der Waals surface area contributed by atoms with Gasteiger partial charge >= 0.3 is 0 Å². The molecule has 2 aromatic rings. The lowest BCUT2D eigenvalue weighted by atomic mass is 10.4. The van der Waals surface area contributed by atoms with Gasteiger partial charge in [0.1, 0.15) is 0 Å². The van der Waals surface area contributed by atoms with Gasteiger partial charge < -0.3 is 0 Å². The second kappa shape index (κ2) is 4.49. The fourth-order valence-corrected chi connectivity index (χ4v) is 2.19. The van der Waals surface area contributed by atoms with Crippen LogP contribution in [0.5, 0.6) is 0 Å². The second-order valence-corrected chi connectivity index (χ2v) is 4.33. The van der Waals surface area contributed by atoms with Gasteiger partial charge in [-0.05, 0) is 32.0 Å². The number of aryl methyl sites for hydroxylation is 2. The molecular weight excluding hydrogens is 206 g/mol. The Hall–Kier alpha value is -1.29. The SMILES string of the molecule is Cc1cc(C)n(CSc2ccccn2)n1. The summed E-state index contributed by atoms with van der Waals surface area (Å²) >= 11 is 1.69. The molecule has 0 aromatic carbocycles. The summed E-state index contributed by atoms with van der Waals surface area (Å²) in [7, 11) is 0. The molecule has 0 spiro atoms. The summed E-state index contributed by atoms with van der Waals surface area (Å²) in [5.41, 5.74) is 2.25. The van der Waals surface area contributed by atoms with E-state index in [0.29, 0.717) is 0 Å². The van der Waals surface area contributed by atoms with E-state index in [4.69, 9.17) is 0 Å². The summed E-state index contributed by atoms with van der Waals surface area (Å²) in [5, 5.41) is 5.43. The summed E-state index contributed by atoms with van der Waals surface area (Å²) in [6.07, 6.45) is 1.81. The van der Waals surface area contributed by atoms with Crippen molar-refractivity contribution in [2.24, 2.45) is 0 Å². The third-order valence-electron chi connectivity index (χ3n) is 2.08. The topological polar surface area (TPSA) is 30.7 Å². The summed E-state index contributed by atoms with van der Waals surface area (Å²) in [6, 6.07) is 8.01. The molecule has 0 atom stereocenters. The van der Waals surface area contributed by atoms with E-state index in [1.807, 2.05) is 36.0 Å². The van der Waals surface area contributed by atoms with Gasteiger partial charge in [0.15, 0.2) is 0 Å². The molecule has 0 unspecified atom stereocenters. The third-order valence-corrected chi connectivity index (χ3v) is 2.99. The van der Waals surface area contributed by atoms with Gasteiger partial charge in [0, 0.05) is 11.9 Å². The van der Waals surface area contributed by atoms with Crippen LogP contribution in [0.15, 0.2) is 35.5 Å². The molecule has 3 nitrogen and oxygen atoms in total. The van der Waals surface area contributed by atoms with Crippen LogP contribution < -0.4 is 0 Å². The number of pyridine rings is 1. The average molecular weight is 219 g/mol. The van der Waals surface area contributed by atoms with Crippen molar-refractivity contribution >= 4 is 11.8 Å². The lowest BCUT2D eigenvalue weighted by Gasteiger charge is -2.02. The molecule has 0 N–H and O–H groups in total. The van der Waals surface area contributed by atoms with Crippen molar-refractivity contribution in [1.29, 1.82) is 0 Å². The Morgan fingerprint density at radius 2 is 2.20 bits per heavy atom. The van der Waals surface area contributed by atoms with Crippen LogP contribution in [-0.2, 0) is 5.88 Å². The molecular formula is C11H13N3S. The number of hydrogen-bond donors (Lipinski definition) is 0. The number of thioether (sulfide) groups is 1. The van der Waals surface area contributed by atoms with Gasteiger partial charge in [0.25, 0.3) is 0 Å². The van der Waals surface area contributed by atoms with E-state index < -0.39 is 0 Å². The van der Waals surface area contributed by atoms with Crippen LogP contribution in [-0.4, -0.2) is 14.8 Å². The van der Waals surface area contributed by atoms with Crippen molar-refractivity contribution in [3.8, 4) is 0 Å². The predicted octanol–water partition coefficient (Wildman–Crippen LogP) is 2.64. The van der Waals surface area contributed by atoms with Crippen LogP contribution >= 0.6 is 11.8 Å². The summed E-state index contributed by atoms with van der Waals surface area (Å²) in [5.74, 6) is 0.816. The highest BCUT2D eigenvalue weighted by molar-refractivity contribution is 7.98. The summed E-state index contributed by atoms with van der Waals surface area (Å²) in [4.78, 5) is 4.25. The fraction of sp³-hybridized carbons (Fsp3) is 0.273. The first-order valence-electron chi connectivity index (χ1n) is 4.80. The minimum absolute atomic E-state index is 0.816. The Morgan fingerprint density at radius 3 is 2.80 bits per heavy atom. The standard InChI is InChI=1S/C11H13N3S/c1-9-7-10(2)14(13-9)8-15-11-5-3-4-6-12-11/h3-7H,8H2,1-2H3. The molecule has 4 heteroatoms. The highest BCUT2D eigenvalue weighted by Gasteiger charge is 2.01. The number of nitrogens with zero attached hydrogens (tertiary/aromatic N) is 3. The lowest BCUT2D eigenvalue weighted by Crippen LogP contribution is -1.99. The Labute approximate surface area is 93.5 Å². The largest absolute Gasteiger partial charge is 0.259 e. The number of aromatic nitrogens is 3.